The van der Waals surface area contributed by atoms with Gasteiger partial charge in [-0.3, -0.25) is 5.32 Å². The zero-order valence-corrected chi connectivity index (χ0v) is 14.0. The van der Waals surface area contributed by atoms with Crippen LogP contribution in [0.15, 0.2) is 36.5 Å². The Kier molecular flexibility index (Phi) is 5.43. The van der Waals surface area contributed by atoms with Gasteiger partial charge in [-0.1, -0.05) is 24.6 Å². The number of likely N-dealkylation sites (tertiary alicyclic amines) is 1. The van der Waals surface area contributed by atoms with Crippen LogP contribution in [-0.2, 0) is 0 Å². The van der Waals surface area contributed by atoms with Crippen molar-refractivity contribution >= 4 is 11.8 Å². The van der Waals surface area contributed by atoms with Crippen LogP contribution in [0.4, 0.5) is 10.6 Å². The number of nitrogens with zero attached hydrogens (tertiary/aromatic N) is 4. The number of benzene rings is 1. The Bertz CT molecular complexity index is 656. The molecule has 0 saturated carbocycles. The highest BCUT2D eigenvalue weighted by Gasteiger charge is 2.16. The second kappa shape index (κ2) is 7.92. The normalized spacial score (nSPS) is 18.8. The molecule has 128 valence electrons. The number of hydrogen-bond acceptors (Lipinski definition) is 4. The van der Waals surface area contributed by atoms with Crippen molar-refractivity contribution in [2.75, 3.05) is 32.0 Å². The summed E-state index contributed by atoms with van der Waals surface area (Å²) in [5, 5.41) is 14.1. The molecule has 1 aliphatic rings. The largest absolute Gasteiger partial charge is 0.338 e. The van der Waals surface area contributed by atoms with Gasteiger partial charge in [0, 0.05) is 13.1 Å². The monoisotopic (exact) mass is 328 g/mol. The van der Waals surface area contributed by atoms with Crippen LogP contribution in [0.1, 0.15) is 19.3 Å². The molecule has 0 spiro atoms. The van der Waals surface area contributed by atoms with Gasteiger partial charge in [-0.2, -0.15) is 5.10 Å². The summed E-state index contributed by atoms with van der Waals surface area (Å²) < 4.78 is 0. The molecule has 24 heavy (non-hydrogen) atoms. The highest BCUT2D eigenvalue weighted by molar-refractivity contribution is 5.87. The maximum atomic E-state index is 12.1. The average molecular weight is 328 g/mol. The van der Waals surface area contributed by atoms with Gasteiger partial charge in [0.2, 0.25) is 0 Å². The first-order chi connectivity index (χ1) is 11.7. The van der Waals surface area contributed by atoms with Gasteiger partial charge < -0.3 is 10.2 Å². The van der Waals surface area contributed by atoms with E-state index in [-0.39, 0.29) is 6.03 Å². The van der Waals surface area contributed by atoms with E-state index in [2.05, 4.69) is 32.8 Å². The molecule has 1 fully saturated rings. The summed E-state index contributed by atoms with van der Waals surface area (Å²) in [6.45, 7) is 2.86. The first-order valence-electron chi connectivity index (χ1n) is 8.42. The number of anilines is 1. The number of carbonyl (C=O) groups excluding carboxylic acids is 1. The van der Waals surface area contributed by atoms with E-state index in [0.717, 1.165) is 25.2 Å². The summed E-state index contributed by atoms with van der Waals surface area (Å²) in [5.41, 5.74) is 0.854. The van der Waals surface area contributed by atoms with Crippen LogP contribution < -0.4 is 10.6 Å². The lowest BCUT2D eigenvalue weighted by Gasteiger charge is -2.20. The van der Waals surface area contributed by atoms with Crippen molar-refractivity contribution < 1.29 is 4.79 Å². The van der Waals surface area contributed by atoms with Gasteiger partial charge in [0.05, 0.1) is 11.9 Å². The van der Waals surface area contributed by atoms with Crippen molar-refractivity contribution in [2.45, 2.75) is 19.3 Å². The lowest BCUT2D eigenvalue weighted by molar-refractivity contribution is 0.246. The van der Waals surface area contributed by atoms with Gasteiger partial charge in [0.1, 0.15) is 0 Å². The lowest BCUT2D eigenvalue weighted by atomic mass is 10.0. The third-order valence-electron chi connectivity index (χ3n) is 4.24. The van der Waals surface area contributed by atoms with Crippen molar-refractivity contribution in [3.8, 4) is 5.69 Å². The summed E-state index contributed by atoms with van der Waals surface area (Å²) in [6, 6.07) is 9.36. The van der Waals surface area contributed by atoms with Crippen molar-refractivity contribution in [3.63, 3.8) is 0 Å². The molecular weight excluding hydrogens is 304 g/mol. The zero-order chi connectivity index (χ0) is 16.8. The predicted molar refractivity (Wildman–Crippen MR) is 93.2 cm³/mol. The number of urea groups is 1. The molecule has 1 aromatic heterocycles. The van der Waals surface area contributed by atoms with E-state index in [1.54, 1.807) is 6.20 Å². The molecule has 1 atom stereocenters. The standard InChI is InChI=1S/C17H24N6O/c1-22-10-6-5-7-14(13-22)11-18-17(24)20-16-12-19-23(21-16)15-8-3-2-4-9-15/h2-4,8-9,12,14H,5-7,10-11,13H2,1H3,(H2,18,20,21,24). The molecule has 1 aliphatic heterocycles. The Morgan fingerprint density at radius 1 is 1.29 bits per heavy atom. The summed E-state index contributed by atoms with van der Waals surface area (Å²) in [7, 11) is 2.14. The molecule has 2 N–H and O–H groups in total. The smallest absolute Gasteiger partial charge is 0.320 e. The number of amides is 2. The third-order valence-corrected chi connectivity index (χ3v) is 4.24. The fourth-order valence-corrected chi connectivity index (χ4v) is 3.01. The van der Waals surface area contributed by atoms with Gasteiger partial charge >= 0.3 is 6.03 Å². The topological polar surface area (TPSA) is 75.1 Å². The quantitative estimate of drug-likeness (QED) is 0.901. The van der Waals surface area contributed by atoms with Crippen LogP contribution in [0.5, 0.6) is 0 Å². The highest BCUT2D eigenvalue weighted by Crippen LogP contribution is 2.14. The van der Waals surface area contributed by atoms with E-state index in [1.807, 2.05) is 30.3 Å². The van der Waals surface area contributed by atoms with Crippen LogP contribution in [0.2, 0.25) is 0 Å². The van der Waals surface area contributed by atoms with Crippen molar-refractivity contribution in [2.24, 2.45) is 5.92 Å². The molecule has 2 aromatic rings. The molecule has 3 rings (SSSR count). The molecule has 0 radical (unpaired) electrons. The number of hydrogen-bond donors (Lipinski definition) is 2. The Morgan fingerprint density at radius 3 is 2.96 bits per heavy atom. The molecule has 2 heterocycles. The van der Waals surface area contributed by atoms with Crippen LogP contribution in [0.25, 0.3) is 5.69 Å². The summed E-state index contributed by atoms with van der Waals surface area (Å²) in [6.07, 6.45) is 5.17. The Labute approximate surface area is 142 Å². The van der Waals surface area contributed by atoms with Gasteiger partial charge in [-0.05, 0) is 44.5 Å². The fourth-order valence-electron chi connectivity index (χ4n) is 3.01. The zero-order valence-electron chi connectivity index (χ0n) is 14.0. The SMILES string of the molecule is CN1CCCCC(CNC(=O)Nc2cnn(-c3ccccc3)n2)C1. The molecule has 0 bridgehead atoms. The van der Waals surface area contributed by atoms with Gasteiger partial charge in [-0.25, -0.2) is 4.79 Å². The average Bonchev–Trinajstić information content (AvgIpc) is 2.95. The van der Waals surface area contributed by atoms with Crippen LogP contribution >= 0.6 is 0 Å². The van der Waals surface area contributed by atoms with E-state index in [4.69, 9.17) is 0 Å². The lowest BCUT2D eigenvalue weighted by Crippen LogP contribution is -2.36. The van der Waals surface area contributed by atoms with Gasteiger partial charge in [0.15, 0.2) is 5.82 Å². The van der Waals surface area contributed by atoms with E-state index in [0.29, 0.717) is 18.3 Å². The molecular formula is C17H24N6O. The summed E-state index contributed by atoms with van der Waals surface area (Å²) in [4.78, 5) is 15.9. The molecule has 1 aromatic carbocycles. The Morgan fingerprint density at radius 2 is 2.12 bits per heavy atom. The third kappa shape index (κ3) is 4.55. The fraction of sp³-hybridized carbons (Fsp3) is 0.471. The molecule has 7 nitrogen and oxygen atoms in total. The van der Waals surface area contributed by atoms with Crippen molar-refractivity contribution in [1.82, 2.24) is 25.2 Å². The summed E-state index contributed by atoms with van der Waals surface area (Å²) >= 11 is 0. The molecule has 1 saturated heterocycles. The van der Waals surface area contributed by atoms with E-state index >= 15 is 0 Å². The maximum Gasteiger partial charge on any atom is 0.320 e. The van der Waals surface area contributed by atoms with Crippen LogP contribution in [0.3, 0.4) is 0 Å². The minimum absolute atomic E-state index is 0.234. The number of aromatic nitrogens is 3. The minimum atomic E-state index is -0.234. The second-order valence-electron chi connectivity index (χ2n) is 6.31. The van der Waals surface area contributed by atoms with E-state index in [1.165, 1.54) is 17.6 Å². The number of carbonyl (C=O) groups is 1. The van der Waals surface area contributed by atoms with Crippen LogP contribution in [-0.4, -0.2) is 52.6 Å². The summed E-state index contributed by atoms with van der Waals surface area (Å²) in [5.74, 6) is 0.942. The van der Waals surface area contributed by atoms with Crippen molar-refractivity contribution in [1.29, 1.82) is 0 Å². The van der Waals surface area contributed by atoms with E-state index in [9.17, 15) is 4.79 Å². The minimum Gasteiger partial charge on any atom is -0.338 e. The number of nitrogens with one attached hydrogen (secondary N) is 2. The van der Waals surface area contributed by atoms with Gasteiger partial charge in [0.25, 0.3) is 0 Å². The molecule has 1 unspecified atom stereocenters. The molecule has 0 aliphatic carbocycles. The Hall–Kier alpha value is -2.41. The molecule has 7 heteroatoms. The van der Waals surface area contributed by atoms with Gasteiger partial charge in [-0.15, -0.1) is 9.90 Å². The second-order valence-corrected chi connectivity index (χ2v) is 6.31. The first-order valence-corrected chi connectivity index (χ1v) is 8.42. The highest BCUT2D eigenvalue weighted by atomic mass is 16.2. The Balaban J connectivity index is 1.49. The van der Waals surface area contributed by atoms with Crippen LogP contribution in [0, 0.1) is 5.92 Å². The predicted octanol–water partition coefficient (Wildman–Crippen LogP) is 2.12. The maximum absolute atomic E-state index is 12.1. The number of para-hydroxylation sites is 1. The van der Waals surface area contributed by atoms with E-state index < -0.39 is 0 Å². The first kappa shape index (κ1) is 16.4. The van der Waals surface area contributed by atoms with Crippen molar-refractivity contribution in [3.05, 3.63) is 36.5 Å². The molecule has 2 amide bonds. The number of rotatable bonds is 4.